The lowest BCUT2D eigenvalue weighted by atomic mass is 9.90. The zero-order valence-corrected chi connectivity index (χ0v) is 42.4. The molecule has 0 unspecified atom stereocenters. The highest BCUT2D eigenvalue weighted by molar-refractivity contribution is 6.37. The second kappa shape index (κ2) is 19.4. The van der Waals surface area contributed by atoms with Gasteiger partial charge in [0.25, 0.3) is 23.6 Å². The lowest BCUT2D eigenvalue weighted by Crippen LogP contribution is -2.40. The summed E-state index contributed by atoms with van der Waals surface area (Å²) < 4.78 is 13.1. The third-order valence-corrected chi connectivity index (χ3v) is 14.7. The van der Waals surface area contributed by atoms with Crippen LogP contribution in [0.4, 0.5) is 11.4 Å². The Kier molecular flexibility index (Phi) is 11.5. The predicted octanol–water partition coefficient (Wildman–Crippen LogP) is 14.6. The van der Waals surface area contributed by atoms with Gasteiger partial charge in [0, 0.05) is 68.3 Å². The van der Waals surface area contributed by atoms with Crippen molar-refractivity contribution in [2.75, 3.05) is 9.80 Å². The maximum atomic E-state index is 14.8. The van der Waals surface area contributed by atoms with Crippen LogP contribution in [-0.4, -0.2) is 33.6 Å². The van der Waals surface area contributed by atoms with Crippen LogP contribution in [0.25, 0.3) is 43.5 Å². The first kappa shape index (κ1) is 47.3. The number of ether oxygens (including phenoxy) is 2. The Balaban J connectivity index is 0.876. The van der Waals surface area contributed by atoms with Gasteiger partial charge in [0.05, 0.1) is 33.6 Å². The molecule has 10 heteroatoms. The Morgan fingerprint density at radius 1 is 0.388 bits per heavy atom. The molecule has 376 valence electrons. The van der Waals surface area contributed by atoms with E-state index in [0.717, 1.165) is 45.9 Å². The van der Waals surface area contributed by atoms with Gasteiger partial charge in [-0.05, 0) is 119 Å². The van der Waals surface area contributed by atoms with Gasteiger partial charge in [-0.3, -0.25) is 19.2 Å². The van der Waals surface area contributed by atoms with Crippen LogP contribution < -0.4 is 19.3 Å². The number of aromatic nitrogens is 2. The van der Waals surface area contributed by atoms with Crippen molar-refractivity contribution in [1.29, 1.82) is 0 Å². The number of benzene rings is 8. The Morgan fingerprint density at radius 3 is 1.23 bits per heavy atom. The van der Waals surface area contributed by atoms with Crippen LogP contribution in [0.2, 0.25) is 0 Å². The van der Waals surface area contributed by atoms with E-state index in [1.807, 2.05) is 121 Å². The van der Waals surface area contributed by atoms with Gasteiger partial charge in [0.15, 0.2) is 11.5 Å². The van der Waals surface area contributed by atoms with Crippen molar-refractivity contribution in [1.82, 2.24) is 9.97 Å². The quantitative estimate of drug-likeness (QED) is 0.109. The molecule has 0 fully saturated rings. The first-order chi connectivity index (χ1) is 39.3. The predicted molar refractivity (Wildman–Crippen MR) is 311 cm³/mol. The van der Waals surface area contributed by atoms with Crippen molar-refractivity contribution in [2.24, 2.45) is 0 Å². The molecule has 2 aromatic heterocycles. The molecule has 2 aliphatic carbocycles. The minimum atomic E-state index is -0.476. The van der Waals surface area contributed by atoms with E-state index in [2.05, 4.69) is 45.8 Å². The molecule has 0 saturated carbocycles. The normalized spacial score (nSPS) is 14.1. The fourth-order valence-corrected chi connectivity index (χ4v) is 11.0. The first-order valence-corrected chi connectivity index (χ1v) is 26.0. The summed E-state index contributed by atoms with van der Waals surface area (Å²) in [6, 6.07) is 51.4. The molecule has 10 nitrogen and oxygen atoms in total. The molecule has 4 aliphatic rings. The van der Waals surface area contributed by atoms with Crippen molar-refractivity contribution in [3.05, 3.63) is 274 Å². The van der Waals surface area contributed by atoms with E-state index < -0.39 is 23.6 Å². The van der Waals surface area contributed by atoms with E-state index in [1.54, 1.807) is 85.2 Å². The van der Waals surface area contributed by atoms with Crippen molar-refractivity contribution < 1.29 is 28.7 Å². The van der Waals surface area contributed by atoms with Gasteiger partial charge in [0.1, 0.15) is 0 Å². The van der Waals surface area contributed by atoms with Crippen LogP contribution in [0.3, 0.4) is 0 Å². The van der Waals surface area contributed by atoms with E-state index in [1.165, 1.54) is 9.80 Å². The SMILES string of the molecule is O=C1c2cccc3c(Oc4ccccn4)c(C#Cc4ccc(C#Cc5cc6c7c(cccc7c5Oc5ccccn5)C(=O)N(c5cccc(C7=CC=CC7)c5)C6=O)c5ccccc45)cc(c23)C(=O)N1c1cccc(C2=CC=CC2)c1. The molecule has 2 aliphatic heterocycles. The van der Waals surface area contributed by atoms with Crippen molar-refractivity contribution >= 4 is 78.5 Å². The van der Waals surface area contributed by atoms with Crippen molar-refractivity contribution in [3.8, 4) is 46.9 Å². The highest BCUT2D eigenvalue weighted by Gasteiger charge is 2.38. The Morgan fingerprint density at radius 2 is 0.800 bits per heavy atom. The molecule has 0 radical (unpaired) electrons. The summed E-state index contributed by atoms with van der Waals surface area (Å²) in [7, 11) is 0. The number of amides is 4. The number of pyridine rings is 2. The largest absolute Gasteiger partial charge is 0.437 e. The summed E-state index contributed by atoms with van der Waals surface area (Å²) in [5, 5.41) is 3.65. The number of carbonyl (C=O) groups is 4. The molecule has 8 aromatic carbocycles. The van der Waals surface area contributed by atoms with Gasteiger partial charge in [-0.15, -0.1) is 0 Å². The number of rotatable bonds is 8. The standard InChI is InChI=1S/C70H40N4O6/c75-67-57-27-13-25-55-63(57)59(69(77)73(67)51-21-11-19-47(39-51)43-15-1-2-16-43)41-49(65(55)79-61-29-7-9-37-71-61)35-33-45-31-32-46(54-24-6-5-23-53(45)54)34-36-50-42-60-64-56(66(50)80-62-30-8-10-38-72-62)26-14-28-58(64)68(76)74(70(60)78)52-22-12-20-48(40-52)44-17-3-4-18-44/h1-15,17,19-32,37-42H,16,18H2. The number of nitrogens with zero attached hydrogens (tertiary/aromatic N) is 4. The maximum Gasteiger partial charge on any atom is 0.266 e. The molecular formula is C70H40N4O6. The van der Waals surface area contributed by atoms with Crippen LogP contribution in [0.1, 0.15) is 87.7 Å². The molecular weight excluding hydrogens is 993 g/mol. The lowest BCUT2D eigenvalue weighted by Gasteiger charge is -2.28. The summed E-state index contributed by atoms with van der Waals surface area (Å²) >= 11 is 0. The minimum absolute atomic E-state index is 0.311. The van der Waals surface area contributed by atoms with E-state index in [-0.39, 0.29) is 0 Å². The molecule has 4 heterocycles. The van der Waals surface area contributed by atoms with E-state index in [0.29, 0.717) is 101 Å². The highest BCUT2D eigenvalue weighted by Crippen LogP contribution is 2.44. The smallest absolute Gasteiger partial charge is 0.266 e. The number of carbonyl (C=O) groups excluding carboxylic acids is 4. The van der Waals surface area contributed by atoms with Crippen molar-refractivity contribution in [3.63, 3.8) is 0 Å². The molecule has 14 rings (SSSR count). The average Bonchev–Trinajstić information content (AvgIpc) is 4.35. The number of hydrogen-bond donors (Lipinski definition) is 0. The van der Waals surface area contributed by atoms with Gasteiger partial charge in [-0.2, -0.15) is 0 Å². The number of imide groups is 2. The second-order valence-corrected chi connectivity index (χ2v) is 19.4. The third-order valence-electron chi connectivity index (χ3n) is 14.7. The lowest BCUT2D eigenvalue weighted by molar-refractivity contribution is 0.0877. The molecule has 0 spiro atoms. The summed E-state index contributed by atoms with van der Waals surface area (Å²) in [5.41, 5.74) is 8.51. The minimum Gasteiger partial charge on any atom is -0.437 e. The molecule has 0 bridgehead atoms. The zero-order chi connectivity index (χ0) is 53.8. The van der Waals surface area contributed by atoms with Gasteiger partial charge >= 0.3 is 0 Å². The van der Waals surface area contributed by atoms with E-state index in [9.17, 15) is 19.2 Å². The fourth-order valence-electron chi connectivity index (χ4n) is 11.0. The van der Waals surface area contributed by atoms with Gasteiger partial charge in [-0.1, -0.05) is 145 Å². The second-order valence-electron chi connectivity index (χ2n) is 19.4. The topological polar surface area (TPSA) is 119 Å². The highest BCUT2D eigenvalue weighted by atomic mass is 16.5. The number of fused-ring (bicyclic) bond motifs is 1. The molecule has 0 N–H and O–H groups in total. The number of hydrogen-bond acceptors (Lipinski definition) is 8. The van der Waals surface area contributed by atoms with Crippen molar-refractivity contribution in [2.45, 2.75) is 12.8 Å². The summed E-state index contributed by atoms with van der Waals surface area (Å²) in [6.07, 6.45) is 17.0. The first-order valence-electron chi connectivity index (χ1n) is 26.0. The van der Waals surface area contributed by atoms with E-state index in [4.69, 9.17) is 9.47 Å². The summed E-state index contributed by atoms with van der Waals surface area (Å²) in [5.74, 6) is 13.1. The monoisotopic (exact) mass is 1030 g/mol. The Labute approximate surface area is 458 Å². The van der Waals surface area contributed by atoms with Crippen LogP contribution in [0.15, 0.2) is 219 Å². The van der Waals surface area contributed by atoms with Crippen LogP contribution in [-0.2, 0) is 0 Å². The van der Waals surface area contributed by atoms with Crippen LogP contribution >= 0.6 is 0 Å². The van der Waals surface area contributed by atoms with Crippen LogP contribution in [0, 0.1) is 23.7 Å². The Hall–Kier alpha value is -11.2. The van der Waals surface area contributed by atoms with E-state index >= 15 is 0 Å². The third kappa shape index (κ3) is 8.11. The summed E-state index contributed by atoms with van der Waals surface area (Å²) in [4.78, 5) is 69.9. The maximum absolute atomic E-state index is 14.8. The number of allylic oxidation sites excluding steroid dienone is 8. The number of anilines is 2. The summed E-state index contributed by atoms with van der Waals surface area (Å²) in [6.45, 7) is 0. The van der Waals surface area contributed by atoms with Gasteiger partial charge in [-0.25, -0.2) is 19.8 Å². The zero-order valence-electron chi connectivity index (χ0n) is 42.4. The Bertz CT molecular complexity index is 4350. The average molecular weight is 1030 g/mol. The molecule has 80 heavy (non-hydrogen) atoms. The molecule has 4 amide bonds. The van der Waals surface area contributed by atoms with Gasteiger partial charge in [0.2, 0.25) is 11.8 Å². The van der Waals surface area contributed by atoms with Crippen LogP contribution in [0.5, 0.6) is 23.3 Å². The fraction of sp³-hybridized carbons (Fsp3) is 0.0286. The molecule has 0 atom stereocenters. The molecule has 10 aromatic rings. The van der Waals surface area contributed by atoms with Gasteiger partial charge < -0.3 is 9.47 Å². The molecule has 0 saturated heterocycles.